The van der Waals surface area contributed by atoms with E-state index in [1.165, 1.54) is 104 Å². The van der Waals surface area contributed by atoms with Crippen LogP contribution in [0.5, 0.6) is 0 Å². The minimum absolute atomic E-state index is 0.285. The fraction of sp³-hybridized carbons (Fsp3) is 0.935. The number of rotatable bonds is 28. The Labute approximate surface area is 256 Å². The van der Waals surface area contributed by atoms with E-state index in [0.29, 0.717) is 11.5 Å². The van der Waals surface area contributed by atoms with Crippen molar-refractivity contribution < 1.29 is 19.8 Å². The van der Waals surface area contributed by atoms with Crippen molar-refractivity contribution in [2.45, 2.75) is 158 Å². The van der Waals surface area contributed by atoms with Crippen molar-refractivity contribution in [2.75, 3.05) is 11.5 Å². The third kappa shape index (κ3) is 15.5. The molecule has 0 aliphatic heterocycles. The van der Waals surface area contributed by atoms with E-state index < -0.39 is 51.3 Å². The van der Waals surface area contributed by atoms with Crippen LogP contribution < -0.4 is 0 Å². The van der Waals surface area contributed by atoms with Crippen LogP contribution in [0.1, 0.15) is 131 Å². The fourth-order valence-corrected chi connectivity index (χ4v) is 52.1. The van der Waals surface area contributed by atoms with Crippen LogP contribution in [0.4, 0.5) is 0 Å². The third-order valence-electron chi connectivity index (χ3n) is 8.61. The van der Waals surface area contributed by atoms with E-state index >= 15 is 0 Å². The van der Waals surface area contributed by atoms with Gasteiger partial charge in [0.1, 0.15) is 0 Å². The molecule has 4 nitrogen and oxygen atoms in total. The van der Waals surface area contributed by atoms with Gasteiger partial charge in [0.25, 0.3) is 0 Å². The summed E-state index contributed by atoms with van der Waals surface area (Å²) in [5.74, 6) is -0.785. The molecule has 0 aliphatic rings. The summed E-state index contributed by atoms with van der Waals surface area (Å²) < 4.78 is 8.18. The van der Waals surface area contributed by atoms with Crippen LogP contribution in [-0.2, 0) is 9.59 Å². The Kier molecular flexibility index (Phi) is 24.4. The molecule has 0 bridgehead atoms. The monoisotopic (exact) mass is 804 g/mol. The van der Waals surface area contributed by atoms with Gasteiger partial charge in [-0.1, -0.05) is 0 Å². The molecule has 0 saturated heterocycles. The number of carboxylic acid groups (broad SMARTS) is 2. The van der Waals surface area contributed by atoms with Gasteiger partial charge in [0.05, 0.1) is 0 Å². The van der Waals surface area contributed by atoms with E-state index in [4.69, 9.17) is 0 Å². The van der Waals surface area contributed by atoms with Crippen molar-refractivity contribution in [3.05, 3.63) is 0 Å². The number of unbranched alkanes of at least 4 members (excludes halogenated alkanes) is 6. The Morgan fingerprint density at radius 2 is 0.744 bits per heavy atom. The Morgan fingerprint density at radius 1 is 0.513 bits per heavy atom. The molecular weight excluding hydrogens is 738 g/mol. The normalized spacial score (nSPS) is 12.7. The predicted molar refractivity (Wildman–Crippen MR) is 182 cm³/mol. The molecule has 0 aliphatic carbocycles. The molecule has 8 heteroatoms. The molecule has 0 rings (SSSR count). The fourth-order valence-electron chi connectivity index (χ4n) is 5.70. The Morgan fingerprint density at radius 3 is 0.923 bits per heavy atom. The van der Waals surface area contributed by atoms with E-state index in [1.54, 1.807) is 0 Å². The molecule has 0 aromatic rings. The summed E-state index contributed by atoms with van der Waals surface area (Å²) in [7, 11) is 4.23. The van der Waals surface area contributed by atoms with Gasteiger partial charge in [0, 0.05) is 0 Å². The quantitative estimate of drug-likeness (QED) is 0.0606. The molecule has 0 aromatic heterocycles. The first kappa shape index (κ1) is 40.2. The van der Waals surface area contributed by atoms with Gasteiger partial charge in [-0.05, 0) is 0 Å². The van der Waals surface area contributed by atoms with Gasteiger partial charge in [-0.2, -0.15) is 0 Å². The molecule has 2 N–H and O–H groups in total. The van der Waals surface area contributed by atoms with Crippen LogP contribution in [-0.4, -0.2) is 67.6 Å². The summed E-state index contributed by atoms with van der Waals surface area (Å²) >= 11 is -4.99. The molecule has 0 amide bonds. The second kappa shape index (κ2) is 23.7. The summed E-state index contributed by atoms with van der Waals surface area (Å²) in [6.45, 7) is 13.6. The van der Waals surface area contributed by atoms with Gasteiger partial charge in [-0.15, -0.1) is 0 Å². The van der Waals surface area contributed by atoms with Crippen LogP contribution in [0.3, 0.4) is 0 Å². The van der Waals surface area contributed by atoms with Crippen LogP contribution >= 0.6 is 17.9 Å². The molecule has 232 valence electrons. The first-order chi connectivity index (χ1) is 18.7. The Bertz CT molecular complexity index is 551. The van der Waals surface area contributed by atoms with Gasteiger partial charge in [-0.25, -0.2) is 0 Å². The zero-order valence-electron chi connectivity index (χ0n) is 26.6. The maximum atomic E-state index is 12.6. The van der Waals surface area contributed by atoms with Crippen LogP contribution in [0.25, 0.3) is 0 Å². The van der Waals surface area contributed by atoms with Crippen molar-refractivity contribution in [2.24, 2.45) is 5.41 Å². The van der Waals surface area contributed by atoms with E-state index in [-0.39, 0.29) is 12.8 Å². The number of carbonyl (C=O) groups is 2. The Hall–Kier alpha value is 1.24. The summed E-state index contributed by atoms with van der Waals surface area (Å²) in [4.78, 5) is 25.3. The zero-order valence-corrected chi connectivity index (χ0v) is 33.9. The van der Waals surface area contributed by atoms with E-state index in [1.807, 2.05) is 0 Å². The molecule has 0 saturated carbocycles. The van der Waals surface area contributed by atoms with Crippen molar-refractivity contribution in [1.29, 1.82) is 0 Å². The number of hydrogen-bond acceptors (Lipinski definition) is 4. The van der Waals surface area contributed by atoms with Gasteiger partial charge in [0.15, 0.2) is 0 Å². The van der Waals surface area contributed by atoms with Gasteiger partial charge in [0.2, 0.25) is 0 Å². The van der Waals surface area contributed by atoms with Crippen molar-refractivity contribution in [3.63, 3.8) is 0 Å². The van der Waals surface area contributed by atoms with Crippen LogP contribution in [0.15, 0.2) is 0 Å². The molecule has 39 heavy (non-hydrogen) atoms. The average molecular weight is 802 g/mol. The number of hydrogen-bond donors (Lipinski definition) is 2. The molecule has 0 aromatic carbocycles. The van der Waals surface area contributed by atoms with E-state index in [2.05, 4.69) is 59.4 Å². The van der Waals surface area contributed by atoms with Crippen molar-refractivity contribution >= 4 is 63.8 Å². The first-order valence-electron chi connectivity index (χ1n) is 16.4. The van der Waals surface area contributed by atoms with Crippen LogP contribution in [0, 0.1) is 5.41 Å². The predicted octanol–water partition coefficient (Wildman–Crippen LogP) is 11.1. The second-order valence-electron chi connectivity index (χ2n) is 11.9. The molecule has 0 spiro atoms. The van der Waals surface area contributed by atoms with Gasteiger partial charge in [-0.3, -0.25) is 0 Å². The molecular formula is C31H64O4S2Sn2. The summed E-state index contributed by atoms with van der Waals surface area (Å²) in [6.07, 6.45) is 15.5. The average Bonchev–Trinajstić information content (AvgIpc) is 2.92. The molecule has 0 heterocycles. The van der Waals surface area contributed by atoms with Gasteiger partial charge >= 0.3 is 259 Å². The molecule has 0 atom stereocenters. The second-order valence-corrected chi connectivity index (χ2v) is 51.9. The standard InChI is InChI=1S/C7H12O4S2.6C4H9.2Sn/c8-5(9)7(1-3-12,2-4-13)6(10)11;6*1-3-4-2;;/h12-13H,1-4H2,(H,8,9)(H,10,11);6*1,3-4H2,2H3;;/q;;;;;;;2*+1/p-2. The van der Waals surface area contributed by atoms with E-state index in [9.17, 15) is 19.8 Å². The molecule has 0 fully saturated rings. The minimum atomic E-state index is -2.50. The molecule has 0 unspecified atom stereocenters. The summed E-state index contributed by atoms with van der Waals surface area (Å²) in [5.41, 5.74) is -1.63. The van der Waals surface area contributed by atoms with E-state index in [0.717, 1.165) is 0 Å². The third-order valence-corrected chi connectivity index (χ3v) is 54.5. The topological polar surface area (TPSA) is 74.6 Å². The Balaban J connectivity index is 5.74. The van der Waals surface area contributed by atoms with Crippen LogP contribution in [0.2, 0.25) is 26.6 Å². The molecule has 0 radical (unpaired) electrons. The van der Waals surface area contributed by atoms with Gasteiger partial charge < -0.3 is 0 Å². The number of aliphatic carboxylic acids is 2. The number of carboxylic acids is 2. The first-order valence-corrected chi connectivity index (χ1v) is 37.5. The summed E-state index contributed by atoms with van der Waals surface area (Å²) in [6, 6.07) is 0. The maximum absolute atomic E-state index is 12.6. The summed E-state index contributed by atoms with van der Waals surface area (Å²) in [5, 5.41) is 20.7. The SMILES string of the molecule is CCC[CH2][Sn]([CH2]CCC)([CH2]CCC)[S]CCC(CC[S][Sn]([CH2]CCC)([CH2]CCC)[CH2]CCC)(C(=O)O)C(=O)O. The zero-order chi connectivity index (χ0) is 29.6. The van der Waals surface area contributed by atoms with Crippen molar-refractivity contribution in [1.82, 2.24) is 0 Å². The van der Waals surface area contributed by atoms with Crippen molar-refractivity contribution in [3.8, 4) is 0 Å².